The maximum Gasteiger partial charge on any atom is 0.235 e. The zero-order valence-corrected chi connectivity index (χ0v) is 19.2. The second-order valence-corrected chi connectivity index (χ2v) is 6.65. The van der Waals surface area contributed by atoms with E-state index in [9.17, 15) is 0 Å². The SMILES string of the molecule is Br.Cc1csc(CCCN)[nH+]1.Cc1csc(CCCN)[nH+]1.[Br-].[Cl-]. The van der Waals surface area contributed by atoms with Crippen molar-refractivity contribution in [2.75, 3.05) is 13.1 Å². The van der Waals surface area contributed by atoms with E-state index in [1.807, 2.05) is 0 Å². The summed E-state index contributed by atoms with van der Waals surface area (Å²) < 4.78 is 0. The molecule has 2 heterocycles. The highest BCUT2D eigenvalue weighted by atomic mass is 79.9. The van der Waals surface area contributed by atoms with E-state index < -0.39 is 0 Å². The fourth-order valence-electron chi connectivity index (χ4n) is 1.64. The van der Waals surface area contributed by atoms with Crippen LogP contribution in [-0.2, 0) is 12.8 Å². The lowest BCUT2D eigenvalue weighted by Crippen LogP contribution is -3.00. The van der Waals surface area contributed by atoms with E-state index in [0.717, 1.165) is 38.8 Å². The van der Waals surface area contributed by atoms with Crippen molar-refractivity contribution in [2.45, 2.75) is 39.5 Å². The maximum atomic E-state index is 5.37. The van der Waals surface area contributed by atoms with Gasteiger partial charge in [-0.15, -0.1) is 17.0 Å². The Morgan fingerprint density at radius 1 is 0.870 bits per heavy atom. The minimum Gasteiger partial charge on any atom is -1.00 e. The van der Waals surface area contributed by atoms with Gasteiger partial charge in [-0.2, -0.15) is 0 Å². The van der Waals surface area contributed by atoms with E-state index in [4.69, 9.17) is 11.5 Å². The second-order valence-electron chi connectivity index (χ2n) is 4.72. The summed E-state index contributed by atoms with van der Waals surface area (Å²) in [5.74, 6) is 0. The Morgan fingerprint density at radius 2 is 1.22 bits per heavy atom. The van der Waals surface area contributed by atoms with Crippen molar-refractivity contribution in [1.29, 1.82) is 0 Å². The number of aryl methyl sites for hydroxylation is 4. The Bertz CT molecular complexity index is 450. The normalized spacial score (nSPS) is 8.87. The van der Waals surface area contributed by atoms with Crippen molar-refractivity contribution in [3.63, 3.8) is 0 Å². The molecule has 9 heteroatoms. The molecule has 0 aliphatic rings. The topological polar surface area (TPSA) is 80.3 Å². The molecule has 136 valence electrons. The first-order valence-electron chi connectivity index (χ1n) is 6.98. The van der Waals surface area contributed by atoms with E-state index in [1.165, 1.54) is 21.4 Å². The number of nitrogens with one attached hydrogen (secondary N) is 2. The summed E-state index contributed by atoms with van der Waals surface area (Å²) in [5, 5.41) is 6.93. The van der Waals surface area contributed by atoms with Gasteiger partial charge in [0.2, 0.25) is 10.0 Å². The van der Waals surface area contributed by atoms with Gasteiger partial charge in [0.1, 0.15) is 0 Å². The van der Waals surface area contributed by atoms with Crippen LogP contribution in [0.3, 0.4) is 0 Å². The molecule has 6 N–H and O–H groups in total. The zero-order chi connectivity index (χ0) is 14.8. The number of hydrogen-bond acceptors (Lipinski definition) is 4. The van der Waals surface area contributed by atoms with Gasteiger partial charge in [-0.1, -0.05) is 22.7 Å². The molecule has 0 saturated heterocycles. The van der Waals surface area contributed by atoms with Crippen LogP contribution in [0, 0.1) is 13.8 Å². The third-order valence-electron chi connectivity index (χ3n) is 2.65. The molecular weight excluding hydrogens is 484 g/mol. The Labute approximate surface area is 174 Å². The molecule has 2 aromatic heterocycles. The molecule has 0 aromatic carbocycles. The van der Waals surface area contributed by atoms with E-state index in [0.29, 0.717) is 0 Å². The largest absolute Gasteiger partial charge is 1.00 e. The van der Waals surface area contributed by atoms with Gasteiger partial charge in [0.05, 0.1) is 10.8 Å². The molecular formula is C14H27Br2ClN4S2. The number of hydrogen-bond donors (Lipinski definition) is 2. The van der Waals surface area contributed by atoms with Crippen LogP contribution in [0.5, 0.6) is 0 Å². The third-order valence-corrected chi connectivity index (χ3v) is 4.77. The van der Waals surface area contributed by atoms with Crippen molar-refractivity contribution < 1.29 is 39.4 Å². The van der Waals surface area contributed by atoms with Crippen molar-refractivity contribution in [1.82, 2.24) is 0 Å². The van der Waals surface area contributed by atoms with Crippen LogP contribution < -0.4 is 50.8 Å². The van der Waals surface area contributed by atoms with Crippen molar-refractivity contribution in [3.05, 3.63) is 32.2 Å². The van der Waals surface area contributed by atoms with E-state index in [2.05, 4.69) is 34.6 Å². The van der Waals surface area contributed by atoms with Gasteiger partial charge >= 0.3 is 0 Å². The first-order chi connectivity index (χ1) is 9.65. The van der Waals surface area contributed by atoms with Gasteiger partial charge in [-0.05, 0) is 25.9 Å². The lowest BCUT2D eigenvalue weighted by Gasteiger charge is -1.85. The van der Waals surface area contributed by atoms with Gasteiger partial charge in [0.25, 0.3) is 0 Å². The molecule has 0 amide bonds. The van der Waals surface area contributed by atoms with Crippen LogP contribution >= 0.6 is 39.7 Å². The number of rotatable bonds is 6. The van der Waals surface area contributed by atoms with Crippen LogP contribution in [0.4, 0.5) is 0 Å². The second kappa shape index (κ2) is 17.3. The molecule has 0 atom stereocenters. The summed E-state index contributed by atoms with van der Waals surface area (Å²) in [6.45, 7) is 5.71. The number of aromatic amines is 2. The maximum absolute atomic E-state index is 5.37. The van der Waals surface area contributed by atoms with Gasteiger partial charge < -0.3 is 40.9 Å². The molecule has 0 saturated carbocycles. The van der Waals surface area contributed by atoms with Gasteiger partial charge in [-0.3, -0.25) is 0 Å². The number of thiazole rings is 2. The quantitative estimate of drug-likeness (QED) is 0.417. The Morgan fingerprint density at radius 3 is 1.43 bits per heavy atom. The average Bonchev–Trinajstić information content (AvgIpc) is 3.03. The summed E-state index contributed by atoms with van der Waals surface area (Å²) >= 11 is 3.56. The van der Waals surface area contributed by atoms with E-state index in [1.54, 1.807) is 22.7 Å². The molecule has 0 fully saturated rings. The molecule has 0 radical (unpaired) electrons. The summed E-state index contributed by atoms with van der Waals surface area (Å²) in [5.41, 5.74) is 13.2. The minimum atomic E-state index is 0. The van der Waals surface area contributed by atoms with Crippen LogP contribution in [-0.4, -0.2) is 13.1 Å². The first kappa shape index (κ1) is 28.2. The molecule has 4 nitrogen and oxygen atoms in total. The molecule has 2 rings (SSSR count). The number of aromatic nitrogens is 2. The van der Waals surface area contributed by atoms with Gasteiger partial charge in [-0.25, -0.2) is 9.97 Å². The molecule has 0 aliphatic heterocycles. The van der Waals surface area contributed by atoms with E-state index in [-0.39, 0.29) is 46.4 Å². The standard InChI is InChI=1S/2C7H12N2S.2BrH.ClH/c2*1-6-5-10-7(9-6)3-2-4-8;;;/h2*5H,2-4,8H2,1H3;3*1H. The smallest absolute Gasteiger partial charge is 0.235 e. The molecule has 0 unspecified atom stereocenters. The molecule has 0 aliphatic carbocycles. The van der Waals surface area contributed by atoms with Crippen molar-refractivity contribution in [2.24, 2.45) is 11.5 Å². The average molecular weight is 511 g/mol. The van der Waals surface area contributed by atoms with Crippen LogP contribution in [0.2, 0.25) is 0 Å². The predicted molar refractivity (Wildman–Crippen MR) is 96.3 cm³/mol. The van der Waals surface area contributed by atoms with E-state index >= 15 is 0 Å². The molecule has 23 heavy (non-hydrogen) atoms. The molecule has 0 spiro atoms. The first-order valence-corrected chi connectivity index (χ1v) is 8.74. The summed E-state index contributed by atoms with van der Waals surface area (Å²) in [7, 11) is 0. The predicted octanol–water partition coefficient (Wildman–Crippen LogP) is -3.89. The van der Waals surface area contributed by atoms with Crippen LogP contribution in [0.15, 0.2) is 10.8 Å². The number of halogens is 3. The highest BCUT2D eigenvalue weighted by Crippen LogP contribution is 2.05. The highest BCUT2D eigenvalue weighted by molar-refractivity contribution is 8.93. The fourth-order valence-corrected chi connectivity index (χ4v) is 3.36. The monoisotopic (exact) mass is 508 g/mol. The van der Waals surface area contributed by atoms with Gasteiger partial charge in [0.15, 0.2) is 11.4 Å². The van der Waals surface area contributed by atoms with Crippen LogP contribution in [0.1, 0.15) is 34.2 Å². The van der Waals surface area contributed by atoms with Gasteiger partial charge in [0, 0.05) is 26.7 Å². The number of H-pyrrole nitrogens is 2. The Balaban J connectivity index is -0.000000308. The fraction of sp³-hybridized carbons (Fsp3) is 0.571. The lowest BCUT2D eigenvalue weighted by atomic mass is 10.3. The Kier molecular flexibility index (Phi) is 21.2. The Hall–Kier alpha value is 0.430. The highest BCUT2D eigenvalue weighted by Gasteiger charge is 2.04. The molecule has 0 bridgehead atoms. The van der Waals surface area contributed by atoms with Crippen LogP contribution in [0.25, 0.3) is 0 Å². The third kappa shape index (κ3) is 13.4. The number of nitrogens with two attached hydrogens (primary N) is 2. The summed E-state index contributed by atoms with van der Waals surface area (Å²) in [6.07, 6.45) is 4.34. The summed E-state index contributed by atoms with van der Waals surface area (Å²) in [6, 6.07) is 0. The van der Waals surface area contributed by atoms with Crippen molar-refractivity contribution in [3.8, 4) is 0 Å². The van der Waals surface area contributed by atoms with Crippen molar-refractivity contribution >= 4 is 39.7 Å². The zero-order valence-electron chi connectivity index (χ0n) is 13.5. The summed E-state index contributed by atoms with van der Waals surface area (Å²) in [4.78, 5) is 6.55. The molecule has 2 aromatic rings. The lowest BCUT2D eigenvalue weighted by molar-refractivity contribution is -0.392. The minimum absolute atomic E-state index is 0.